The van der Waals surface area contributed by atoms with Crippen LogP contribution in [0.1, 0.15) is 112 Å². The predicted molar refractivity (Wildman–Crippen MR) is 222 cm³/mol. The maximum absolute atomic E-state index is 14.4. The molecule has 1 amide bonds. The summed E-state index contributed by atoms with van der Waals surface area (Å²) in [6, 6.07) is -1.17. The van der Waals surface area contributed by atoms with Crippen LogP contribution in [0.2, 0.25) is 0 Å². The number of esters is 1. The number of aliphatic hydroxyl groups excluding tert-OH is 2. The molecule has 0 aromatic rings. The second-order valence-electron chi connectivity index (χ2n) is 18.0. The Balaban J connectivity index is 1.80. The van der Waals surface area contributed by atoms with Crippen LogP contribution in [0, 0.1) is 29.6 Å². The zero-order valence-electron chi connectivity index (χ0n) is 37.2. The number of fused-ring (bicyclic) bond motifs is 3. The highest BCUT2D eigenvalue weighted by molar-refractivity contribution is 6.39. The van der Waals surface area contributed by atoms with E-state index >= 15 is 0 Å². The van der Waals surface area contributed by atoms with Gasteiger partial charge in [-0.2, -0.15) is 0 Å². The number of carbonyl (C=O) groups excluding carboxylic acids is 5. The van der Waals surface area contributed by atoms with E-state index in [1.165, 1.54) is 27.2 Å². The van der Waals surface area contributed by atoms with E-state index in [0.29, 0.717) is 50.5 Å². The van der Waals surface area contributed by atoms with Crippen molar-refractivity contribution >= 4 is 29.2 Å². The van der Waals surface area contributed by atoms with Crippen molar-refractivity contribution in [3.05, 3.63) is 35.5 Å². The first-order valence-electron chi connectivity index (χ1n) is 21.8. The topological polar surface area (TPSA) is 195 Å². The number of Topliss-reactive ketones (excluding diaryl/α,β-unsaturated/α-hetero) is 2. The van der Waals surface area contributed by atoms with Crippen LogP contribution in [-0.4, -0.2) is 132 Å². The lowest BCUT2D eigenvalue weighted by Crippen LogP contribution is -2.64. The fourth-order valence-electron chi connectivity index (χ4n) is 9.63. The number of ether oxygens (including phenoxy) is 5. The maximum Gasteiger partial charge on any atom is 0.329 e. The van der Waals surface area contributed by atoms with E-state index in [-0.39, 0.29) is 61.7 Å². The number of cyclic esters (lactones) is 1. The molecule has 3 heterocycles. The normalized spacial score (nSPS) is 39.7. The van der Waals surface area contributed by atoms with Crippen molar-refractivity contribution in [3.63, 3.8) is 0 Å². The van der Waals surface area contributed by atoms with Crippen molar-refractivity contribution in [1.82, 2.24) is 4.90 Å². The van der Waals surface area contributed by atoms with Gasteiger partial charge in [-0.15, -0.1) is 0 Å². The number of carbonyl (C=O) groups is 5. The monoisotopic (exact) mass is 845 g/mol. The summed E-state index contributed by atoms with van der Waals surface area (Å²) in [5.41, 5.74) is 1.52. The van der Waals surface area contributed by atoms with Crippen LogP contribution >= 0.6 is 0 Å². The highest BCUT2D eigenvalue weighted by Gasteiger charge is 2.56. The number of amides is 1. The molecule has 60 heavy (non-hydrogen) atoms. The summed E-state index contributed by atoms with van der Waals surface area (Å²) in [5.74, 6) is -8.36. The molecule has 14 heteroatoms. The Labute approximate surface area is 356 Å². The molecule has 1 saturated carbocycles. The zero-order chi connectivity index (χ0) is 44.5. The van der Waals surface area contributed by atoms with Gasteiger partial charge in [-0.25, -0.2) is 4.79 Å². The lowest BCUT2D eigenvalue weighted by atomic mass is 9.81. The van der Waals surface area contributed by atoms with E-state index in [9.17, 15) is 39.3 Å². The third-order valence-corrected chi connectivity index (χ3v) is 13.2. The van der Waals surface area contributed by atoms with E-state index < -0.39 is 83.9 Å². The molecule has 0 aromatic carbocycles. The number of allylic oxidation sites excluding steroid dienone is 5. The molecule has 2 saturated heterocycles. The quantitative estimate of drug-likeness (QED) is 0.133. The van der Waals surface area contributed by atoms with Gasteiger partial charge in [0.15, 0.2) is 5.78 Å². The molecule has 3 fully saturated rings. The minimum Gasteiger partial charge on any atom is -0.456 e. The number of ketones is 3. The summed E-state index contributed by atoms with van der Waals surface area (Å²) in [4.78, 5) is 70.0. The van der Waals surface area contributed by atoms with Gasteiger partial charge in [0.25, 0.3) is 11.7 Å². The molecule has 338 valence electrons. The van der Waals surface area contributed by atoms with Crippen LogP contribution in [0.25, 0.3) is 0 Å². The number of aliphatic hydroxyl groups is 3. The van der Waals surface area contributed by atoms with Gasteiger partial charge in [-0.1, -0.05) is 44.6 Å². The Kier molecular flexibility index (Phi) is 18.4. The maximum atomic E-state index is 14.4. The molecule has 14 atom stereocenters. The van der Waals surface area contributed by atoms with Gasteiger partial charge in [0.2, 0.25) is 5.79 Å². The molecule has 1 aliphatic carbocycles. The molecule has 2 bridgehead atoms. The zero-order valence-corrected chi connectivity index (χ0v) is 37.2. The van der Waals surface area contributed by atoms with Crippen LogP contribution in [0.4, 0.5) is 0 Å². The smallest absolute Gasteiger partial charge is 0.329 e. The van der Waals surface area contributed by atoms with Gasteiger partial charge >= 0.3 is 5.97 Å². The van der Waals surface area contributed by atoms with Crippen molar-refractivity contribution in [2.75, 3.05) is 27.9 Å². The first kappa shape index (κ1) is 49.5. The van der Waals surface area contributed by atoms with E-state index in [1.54, 1.807) is 34.0 Å². The molecule has 0 radical (unpaired) electrons. The van der Waals surface area contributed by atoms with E-state index in [0.717, 1.165) is 10.5 Å². The number of hydrogen-bond acceptors (Lipinski definition) is 13. The third kappa shape index (κ3) is 12.3. The lowest BCUT2D eigenvalue weighted by molar-refractivity contribution is -0.302. The van der Waals surface area contributed by atoms with Gasteiger partial charge in [0.05, 0.1) is 30.5 Å². The minimum atomic E-state index is -2.54. The predicted octanol–water partition coefficient (Wildman–Crippen LogP) is 4.60. The van der Waals surface area contributed by atoms with Crippen LogP contribution in [0.15, 0.2) is 35.5 Å². The van der Waals surface area contributed by atoms with Crippen molar-refractivity contribution in [3.8, 4) is 0 Å². The van der Waals surface area contributed by atoms with Crippen molar-refractivity contribution in [1.29, 1.82) is 0 Å². The molecule has 14 nitrogen and oxygen atoms in total. The summed E-state index contributed by atoms with van der Waals surface area (Å²) >= 11 is 0. The molecule has 0 unspecified atom stereocenters. The Morgan fingerprint density at radius 2 is 1.57 bits per heavy atom. The van der Waals surface area contributed by atoms with Gasteiger partial charge in [0.1, 0.15) is 24.0 Å². The van der Waals surface area contributed by atoms with Crippen LogP contribution in [-0.2, 0) is 47.7 Å². The Morgan fingerprint density at radius 1 is 0.900 bits per heavy atom. The second kappa shape index (κ2) is 22.3. The Hall–Kier alpha value is -3.11. The molecular formula is C46H71NO13. The highest BCUT2D eigenvalue weighted by atomic mass is 16.7. The molecule has 4 aliphatic rings. The SMILES string of the molecule is CO[C@H]1C[C@@H](C)C/C(C)=C/[C@@H](C/C=C/C(C)=O)C(=O)C[C@H](O)[C@@H](C)[C@@H](/C(C)=C/[C@@H]2CC[C@@H](O)[C@H](OC)C2)OC(=O)[C@@H]2CCCCN2C(=O)C(=O)[C@]2(O)O[C@H]1[C@@H](OC)C[C@H]2C. The number of methoxy groups -OCH3 is 3. The molecule has 0 spiro atoms. The standard InChI is InChI=1S/C46H71NO13/c1-26-19-27(2)21-39(57-8)42-40(58-9)23-29(4)46(55,60-42)43(52)44(53)47-18-11-10-15-34(47)45(54)59-41(28(3)22-32-16-17-35(49)38(24-32)56-7)31(6)36(50)25-37(51)33(20-26)14-12-13-30(5)48/h12-13,20,22,27,29,31-36,38-42,49-50,55H,10-11,14-19,21,23-25H2,1-9H3/b13-12+,26-20+,28-22+/t27-,29+,31+,32-,33+,34-,35+,36-,38+,39-,40-,41+,42+,46+/m0/s1. The van der Waals surface area contributed by atoms with Crippen molar-refractivity contribution < 1.29 is 63.0 Å². The third-order valence-electron chi connectivity index (χ3n) is 13.2. The summed E-state index contributed by atoms with van der Waals surface area (Å²) in [6.07, 6.45) is 5.57. The summed E-state index contributed by atoms with van der Waals surface area (Å²) in [6.45, 7) is 10.5. The first-order valence-corrected chi connectivity index (χ1v) is 21.8. The number of rotatable bonds is 8. The molecule has 3 aliphatic heterocycles. The molecular weight excluding hydrogens is 774 g/mol. The average Bonchev–Trinajstić information content (AvgIpc) is 3.21. The van der Waals surface area contributed by atoms with Gasteiger partial charge < -0.3 is 43.9 Å². The second-order valence-corrected chi connectivity index (χ2v) is 18.0. The van der Waals surface area contributed by atoms with Crippen molar-refractivity contribution in [2.45, 2.75) is 167 Å². The van der Waals surface area contributed by atoms with E-state index in [2.05, 4.69) is 0 Å². The summed E-state index contributed by atoms with van der Waals surface area (Å²) in [5, 5.41) is 34.3. The Morgan fingerprint density at radius 3 is 2.22 bits per heavy atom. The summed E-state index contributed by atoms with van der Waals surface area (Å²) in [7, 11) is 4.57. The van der Waals surface area contributed by atoms with Gasteiger partial charge in [-0.3, -0.25) is 19.2 Å². The van der Waals surface area contributed by atoms with E-state index in [1.807, 2.05) is 26.0 Å². The number of piperidine rings is 1. The summed E-state index contributed by atoms with van der Waals surface area (Å²) < 4.78 is 29.8. The van der Waals surface area contributed by atoms with Crippen molar-refractivity contribution in [2.24, 2.45) is 29.6 Å². The number of nitrogens with zero attached hydrogens (tertiary/aromatic N) is 1. The van der Waals surface area contributed by atoms with Crippen LogP contribution < -0.4 is 0 Å². The lowest BCUT2D eigenvalue weighted by Gasteiger charge is -2.47. The van der Waals surface area contributed by atoms with Crippen LogP contribution in [0.3, 0.4) is 0 Å². The first-order chi connectivity index (χ1) is 28.3. The molecule has 3 N–H and O–H groups in total. The van der Waals surface area contributed by atoms with Gasteiger partial charge in [-0.05, 0) is 108 Å². The Bertz CT molecular complexity index is 1610. The van der Waals surface area contributed by atoms with Crippen LogP contribution in [0.5, 0.6) is 0 Å². The number of hydrogen-bond donors (Lipinski definition) is 3. The molecule has 4 rings (SSSR count). The highest BCUT2D eigenvalue weighted by Crippen LogP contribution is 2.39. The van der Waals surface area contributed by atoms with Gasteiger partial charge in [0, 0.05) is 52.0 Å². The van der Waals surface area contributed by atoms with E-state index in [4.69, 9.17) is 23.7 Å². The molecule has 0 aromatic heterocycles. The minimum absolute atomic E-state index is 0.0380. The largest absolute Gasteiger partial charge is 0.456 e. The average molecular weight is 846 g/mol. The fourth-order valence-corrected chi connectivity index (χ4v) is 9.63. The fraction of sp³-hybridized carbons (Fsp3) is 0.761.